The number of benzene rings is 1. The molecule has 0 aliphatic carbocycles. The van der Waals surface area contributed by atoms with Crippen molar-refractivity contribution in [3.05, 3.63) is 48.4 Å². The van der Waals surface area contributed by atoms with Gasteiger partial charge < -0.3 is 19.7 Å². The van der Waals surface area contributed by atoms with Crippen LogP contribution < -0.4 is 10.1 Å². The molecule has 2 heterocycles. The standard InChI is InChI=1S/C19H20FN3O4/c1-26-17(24)11-13-8-10-23(12-13)19(25)22-16-3-2-9-21-18(16)27-15-6-4-14(20)5-7-15/h2-7,9,13H,8,10-12H2,1H3,(H,22,25)/t13-/m0/s1. The van der Waals surface area contributed by atoms with E-state index in [0.29, 0.717) is 30.9 Å². The van der Waals surface area contributed by atoms with Crippen LogP contribution in [-0.2, 0) is 9.53 Å². The Hall–Kier alpha value is -3.16. The van der Waals surface area contributed by atoms with Crippen molar-refractivity contribution >= 4 is 17.7 Å². The first kappa shape index (κ1) is 18.6. The predicted molar refractivity (Wildman–Crippen MR) is 96.0 cm³/mol. The molecule has 1 atom stereocenters. The fourth-order valence-corrected chi connectivity index (χ4v) is 2.88. The van der Waals surface area contributed by atoms with Crippen molar-refractivity contribution in [3.8, 4) is 11.6 Å². The van der Waals surface area contributed by atoms with Crippen molar-refractivity contribution in [2.45, 2.75) is 12.8 Å². The average molecular weight is 373 g/mol. The molecule has 1 fully saturated rings. The van der Waals surface area contributed by atoms with Gasteiger partial charge in [-0.05, 0) is 48.7 Å². The van der Waals surface area contributed by atoms with Crippen LogP contribution in [0.5, 0.6) is 11.6 Å². The van der Waals surface area contributed by atoms with E-state index in [9.17, 15) is 14.0 Å². The Bertz CT molecular complexity index is 813. The second-order valence-corrected chi connectivity index (χ2v) is 6.22. The number of ether oxygens (including phenoxy) is 2. The van der Waals surface area contributed by atoms with E-state index in [1.165, 1.54) is 37.6 Å². The van der Waals surface area contributed by atoms with Crippen LogP contribution in [0.2, 0.25) is 0 Å². The first-order valence-corrected chi connectivity index (χ1v) is 8.56. The maximum atomic E-state index is 13.0. The summed E-state index contributed by atoms with van der Waals surface area (Å²) in [5.74, 6) is 0.0663. The monoisotopic (exact) mass is 373 g/mol. The summed E-state index contributed by atoms with van der Waals surface area (Å²) in [4.78, 5) is 29.7. The molecule has 2 aromatic rings. The summed E-state index contributed by atoms with van der Waals surface area (Å²) in [5, 5.41) is 2.78. The third-order valence-corrected chi connectivity index (χ3v) is 4.30. The van der Waals surface area contributed by atoms with Crippen LogP contribution in [-0.4, -0.2) is 42.1 Å². The Balaban J connectivity index is 1.63. The van der Waals surface area contributed by atoms with Crippen molar-refractivity contribution in [1.29, 1.82) is 0 Å². The van der Waals surface area contributed by atoms with Gasteiger partial charge in [0.25, 0.3) is 0 Å². The number of aromatic nitrogens is 1. The minimum Gasteiger partial charge on any atom is -0.469 e. The molecule has 2 amide bonds. The second kappa shape index (κ2) is 8.48. The fourth-order valence-electron chi connectivity index (χ4n) is 2.88. The molecule has 1 aliphatic heterocycles. The maximum Gasteiger partial charge on any atom is 0.322 e. The van der Waals surface area contributed by atoms with Gasteiger partial charge in [-0.25, -0.2) is 14.2 Å². The molecule has 142 valence electrons. The lowest BCUT2D eigenvalue weighted by Gasteiger charge is -2.18. The number of amides is 2. The van der Waals surface area contributed by atoms with Crippen molar-refractivity contribution in [3.63, 3.8) is 0 Å². The van der Waals surface area contributed by atoms with Gasteiger partial charge in [0, 0.05) is 19.3 Å². The lowest BCUT2D eigenvalue weighted by molar-refractivity contribution is -0.141. The summed E-state index contributed by atoms with van der Waals surface area (Å²) in [5.41, 5.74) is 0.406. The number of methoxy groups -OCH3 is 1. The molecular weight excluding hydrogens is 353 g/mol. The number of pyridine rings is 1. The van der Waals surface area contributed by atoms with Gasteiger partial charge >= 0.3 is 12.0 Å². The zero-order chi connectivity index (χ0) is 19.2. The van der Waals surface area contributed by atoms with E-state index in [4.69, 9.17) is 4.74 Å². The summed E-state index contributed by atoms with van der Waals surface area (Å²) < 4.78 is 23.3. The smallest absolute Gasteiger partial charge is 0.322 e. The number of hydrogen-bond donors (Lipinski definition) is 1. The number of carbonyl (C=O) groups is 2. The largest absolute Gasteiger partial charge is 0.469 e. The van der Waals surface area contributed by atoms with Crippen LogP contribution in [0, 0.1) is 11.7 Å². The highest BCUT2D eigenvalue weighted by molar-refractivity contribution is 5.90. The number of likely N-dealkylation sites (tertiary alicyclic amines) is 1. The Kier molecular flexibility index (Phi) is 5.85. The number of rotatable bonds is 5. The molecule has 1 aromatic heterocycles. The van der Waals surface area contributed by atoms with E-state index >= 15 is 0 Å². The molecule has 0 spiro atoms. The van der Waals surface area contributed by atoms with E-state index in [1.54, 1.807) is 17.0 Å². The number of carbonyl (C=O) groups excluding carboxylic acids is 2. The molecule has 0 saturated carbocycles. The molecule has 0 unspecified atom stereocenters. The predicted octanol–water partition coefficient (Wildman–Crippen LogP) is 3.43. The molecule has 1 aliphatic rings. The highest BCUT2D eigenvalue weighted by Crippen LogP contribution is 2.28. The highest BCUT2D eigenvalue weighted by Gasteiger charge is 2.28. The van der Waals surface area contributed by atoms with Crippen molar-refractivity contribution in [1.82, 2.24) is 9.88 Å². The minimum absolute atomic E-state index is 0.0898. The van der Waals surface area contributed by atoms with Gasteiger partial charge in [-0.15, -0.1) is 0 Å². The van der Waals surface area contributed by atoms with Gasteiger partial charge in [0.05, 0.1) is 13.5 Å². The molecule has 27 heavy (non-hydrogen) atoms. The Morgan fingerprint density at radius 2 is 2.07 bits per heavy atom. The minimum atomic E-state index is -0.368. The van der Waals surface area contributed by atoms with Gasteiger partial charge in [0.2, 0.25) is 5.88 Å². The number of anilines is 1. The van der Waals surface area contributed by atoms with Gasteiger partial charge in [-0.1, -0.05) is 0 Å². The Morgan fingerprint density at radius 1 is 1.30 bits per heavy atom. The van der Waals surface area contributed by atoms with Crippen LogP contribution in [0.25, 0.3) is 0 Å². The van der Waals surface area contributed by atoms with Gasteiger partial charge in [-0.3, -0.25) is 4.79 Å². The first-order valence-electron chi connectivity index (χ1n) is 8.56. The normalized spacial score (nSPS) is 16.1. The van der Waals surface area contributed by atoms with Crippen molar-refractivity contribution in [2.24, 2.45) is 5.92 Å². The van der Waals surface area contributed by atoms with Gasteiger partial charge in [0.1, 0.15) is 17.3 Å². The van der Waals surface area contributed by atoms with Gasteiger partial charge in [-0.2, -0.15) is 0 Å². The van der Waals surface area contributed by atoms with Crippen molar-refractivity contribution in [2.75, 3.05) is 25.5 Å². The van der Waals surface area contributed by atoms with E-state index in [2.05, 4.69) is 15.0 Å². The topological polar surface area (TPSA) is 80.8 Å². The molecule has 3 rings (SSSR count). The Morgan fingerprint density at radius 3 is 2.81 bits per heavy atom. The number of urea groups is 1. The zero-order valence-electron chi connectivity index (χ0n) is 14.9. The lowest BCUT2D eigenvalue weighted by Crippen LogP contribution is -2.33. The summed E-state index contributed by atoms with van der Waals surface area (Å²) in [6.45, 7) is 1.04. The quantitative estimate of drug-likeness (QED) is 0.812. The van der Waals surface area contributed by atoms with Crippen LogP contribution in [0.15, 0.2) is 42.6 Å². The Labute approximate surface area is 156 Å². The fraction of sp³-hybridized carbons (Fsp3) is 0.316. The summed E-state index contributed by atoms with van der Waals surface area (Å²) in [7, 11) is 1.35. The molecule has 7 nitrogen and oxygen atoms in total. The molecule has 0 bridgehead atoms. The summed E-state index contributed by atoms with van der Waals surface area (Å²) in [6, 6.07) is 8.58. The van der Waals surface area contributed by atoms with Crippen molar-refractivity contribution < 1.29 is 23.5 Å². The second-order valence-electron chi connectivity index (χ2n) is 6.22. The third-order valence-electron chi connectivity index (χ3n) is 4.30. The first-order chi connectivity index (χ1) is 13.0. The average Bonchev–Trinajstić information content (AvgIpc) is 3.13. The number of esters is 1. The van der Waals surface area contributed by atoms with E-state index in [-0.39, 0.29) is 29.6 Å². The lowest BCUT2D eigenvalue weighted by atomic mass is 10.1. The molecule has 8 heteroatoms. The number of halogens is 1. The number of nitrogens with one attached hydrogen (secondary N) is 1. The SMILES string of the molecule is COC(=O)C[C@@H]1CCN(C(=O)Nc2cccnc2Oc2ccc(F)cc2)C1. The molecule has 1 aromatic carbocycles. The van der Waals surface area contributed by atoms with Crippen LogP contribution in [0.4, 0.5) is 14.9 Å². The van der Waals surface area contributed by atoms with Gasteiger partial charge in [0.15, 0.2) is 0 Å². The highest BCUT2D eigenvalue weighted by atomic mass is 19.1. The number of nitrogens with zero attached hydrogens (tertiary/aromatic N) is 2. The molecule has 1 saturated heterocycles. The number of hydrogen-bond acceptors (Lipinski definition) is 5. The zero-order valence-corrected chi connectivity index (χ0v) is 14.9. The van der Waals surface area contributed by atoms with E-state index in [1.807, 2.05) is 0 Å². The third kappa shape index (κ3) is 4.93. The van der Waals surface area contributed by atoms with Crippen LogP contribution in [0.1, 0.15) is 12.8 Å². The maximum absolute atomic E-state index is 13.0. The molecule has 1 N–H and O–H groups in total. The van der Waals surface area contributed by atoms with E-state index in [0.717, 1.165) is 6.42 Å². The molecule has 0 radical (unpaired) electrons. The summed E-state index contributed by atoms with van der Waals surface area (Å²) in [6.07, 6.45) is 2.58. The van der Waals surface area contributed by atoms with E-state index < -0.39 is 0 Å². The van der Waals surface area contributed by atoms with Crippen LogP contribution >= 0.6 is 0 Å². The molecular formula is C19H20FN3O4. The summed E-state index contributed by atoms with van der Waals surface area (Å²) >= 11 is 0. The van der Waals surface area contributed by atoms with Crippen LogP contribution in [0.3, 0.4) is 0 Å².